The van der Waals surface area contributed by atoms with E-state index in [9.17, 15) is 9.90 Å². The number of fused-ring (bicyclic) bond motifs is 1. The molecule has 5 nitrogen and oxygen atoms in total. The Morgan fingerprint density at radius 3 is 3.14 bits per heavy atom. The second-order valence-electron chi connectivity index (χ2n) is 5.69. The van der Waals surface area contributed by atoms with Crippen molar-refractivity contribution >= 4 is 17.2 Å². The van der Waals surface area contributed by atoms with Crippen LogP contribution in [0.1, 0.15) is 44.8 Å². The van der Waals surface area contributed by atoms with Crippen LogP contribution in [0.25, 0.3) is 0 Å². The lowest BCUT2D eigenvalue weighted by Crippen LogP contribution is -2.32. The summed E-state index contributed by atoms with van der Waals surface area (Å²) in [5, 5.41) is 10.9. The molecule has 1 aliphatic carbocycles. The first-order valence-corrected chi connectivity index (χ1v) is 8.23. The van der Waals surface area contributed by atoms with Crippen LogP contribution >= 0.6 is 11.3 Å². The van der Waals surface area contributed by atoms with E-state index < -0.39 is 0 Å². The summed E-state index contributed by atoms with van der Waals surface area (Å²) in [4.78, 5) is 24.1. The Balaban J connectivity index is 1.76. The van der Waals surface area contributed by atoms with E-state index >= 15 is 0 Å². The number of amides is 1. The molecule has 1 unspecified atom stereocenters. The fourth-order valence-corrected chi connectivity index (χ4v) is 4.03. The summed E-state index contributed by atoms with van der Waals surface area (Å²) < 4.78 is 0. The van der Waals surface area contributed by atoms with Crippen molar-refractivity contribution in [3.05, 3.63) is 39.6 Å². The lowest BCUT2D eigenvalue weighted by molar-refractivity contribution is 0.0774. The average molecular weight is 317 g/mol. The van der Waals surface area contributed by atoms with E-state index in [-0.39, 0.29) is 23.3 Å². The van der Waals surface area contributed by atoms with Gasteiger partial charge in [0.05, 0.1) is 10.7 Å². The zero-order chi connectivity index (χ0) is 15.7. The largest absolute Gasteiger partial charge is 0.505 e. The molecule has 0 spiro atoms. The summed E-state index contributed by atoms with van der Waals surface area (Å²) in [6, 6.07) is 3.09. The van der Waals surface area contributed by atoms with Crippen LogP contribution in [-0.4, -0.2) is 39.5 Å². The number of carbonyl (C=O) groups is 1. The highest BCUT2D eigenvalue weighted by molar-refractivity contribution is 7.11. The van der Waals surface area contributed by atoms with Crippen LogP contribution in [0.5, 0.6) is 5.75 Å². The Bertz CT molecular complexity index is 698. The van der Waals surface area contributed by atoms with E-state index in [1.807, 2.05) is 6.92 Å². The zero-order valence-corrected chi connectivity index (χ0v) is 13.6. The highest BCUT2D eigenvalue weighted by Gasteiger charge is 2.27. The third kappa shape index (κ3) is 2.83. The van der Waals surface area contributed by atoms with E-state index in [4.69, 9.17) is 0 Å². The van der Waals surface area contributed by atoms with E-state index in [1.165, 1.54) is 17.1 Å². The van der Waals surface area contributed by atoms with Crippen LogP contribution < -0.4 is 0 Å². The number of aryl methyl sites for hydroxylation is 2. The van der Waals surface area contributed by atoms with Gasteiger partial charge in [0.25, 0.3) is 5.91 Å². The summed E-state index contributed by atoms with van der Waals surface area (Å²) in [7, 11) is 1.75. The Kier molecular flexibility index (Phi) is 4.11. The van der Waals surface area contributed by atoms with Crippen LogP contribution in [0, 0.1) is 6.92 Å². The second kappa shape index (κ2) is 6.04. The van der Waals surface area contributed by atoms with Crippen molar-refractivity contribution in [1.82, 2.24) is 14.9 Å². The third-order valence-electron chi connectivity index (χ3n) is 4.01. The van der Waals surface area contributed by atoms with Gasteiger partial charge < -0.3 is 10.0 Å². The van der Waals surface area contributed by atoms with Gasteiger partial charge in [0.15, 0.2) is 5.69 Å². The van der Waals surface area contributed by atoms with Crippen LogP contribution in [0.15, 0.2) is 18.3 Å². The van der Waals surface area contributed by atoms with Crippen molar-refractivity contribution in [1.29, 1.82) is 0 Å². The van der Waals surface area contributed by atoms with E-state index in [0.717, 1.165) is 30.0 Å². The molecule has 2 aromatic rings. The number of nitrogens with zero attached hydrogens (tertiary/aromatic N) is 3. The highest BCUT2D eigenvalue weighted by Crippen LogP contribution is 2.35. The third-order valence-corrected chi connectivity index (χ3v) is 5.05. The second-order valence-corrected chi connectivity index (χ2v) is 6.98. The minimum Gasteiger partial charge on any atom is -0.505 e. The molecule has 0 radical (unpaired) electrons. The molecular weight excluding hydrogens is 298 g/mol. The molecule has 2 heterocycles. The maximum Gasteiger partial charge on any atom is 0.276 e. The van der Waals surface area contributed by atoms with Crippen molar-refractivity contribution < 1.29 is 9.90 Å². The minimum atomic E-state index is -0.253. The highest BCUT2D eigenvalue weighted by atomic mass is 32.1. The van der Waals surface area contributed by atoms with Gasteiger partial charge in [-0.3, -0.25) is 4.79 Å². The van der Waals surface area contributed by atoms with Gasteiger partial charge in [0.2, 0.25) is 0 Å². The molecule has 0 saturated heterocycles. The molecule has 3 rings (SSSR count). The molecule has 0 fully saturated rings. The molecular formula is C16H19N3O2S. The Morgan fingerprint density at radius 2 is 2.36 bits per heavy atom. The lowest BCUT2D eigenvalue weighted by atomic mass is 9.90. The summed E-state index contributed by atoms with van der Waals surface area (Å²) in [6.45, 7) is 2.63. The first kappa shape index (κ1) is 15.0. The molecule has 1 N–H and O–H groups in total. The van der Waals surface area contributed by atoms with Gasteiger partial charge in [0, 0.05) is 30.6 Å². The molecule has 2 aromatic heterocycles. The predicted octanol–water partition coefficient (Wildman–Crippen LogP) is 2.74. The van der Waals surface area contributed by atoms with Crippen molar-refractivity contribution in [3.8, 4) is 5.75 Å². The molecule has 22 heavy (non-hydrogen) atoms. The average Bonchev–Trinajstić information content (AvgIpc) is 2.88. The summed E-state index contributed by atoms with van der Waals surface area (Å²) >= 11 is 1.76. The van der Waals surface area contributed by atoms with E-state index in [0.29, 0.717) is 6.54 Å². The van der Waals surface area contributed by atoms with Crippen molar-refractivity contribution in [2.75, 3.05) is 13.6 Å². The van der Waals surface area contributed by atoms with E-state index in [1.54, 1.807) is 29.4 Å². The summed E-state index contributed by atoms with van der Waals surface area (Å²) in [5.74, 6) is -0.0566. The first-order chi connectivity index (χ1) is 10.6. The van der Waals surface area contributed by atoms with Gasteiger partial charge in [-0.05, 0) is 38.3 Å². The topological polar surface area (TPSA) is 66.3 Å². The van der Waals surface area contributed by atoms with Gasteiger partial charge in [-0.15, -0.1) is 11.3 Å². The number of pyridine rings is 1. The fourth-order valence-electron chi connectivity index (χ4n) is 2.96. The molecule has 1 aliphatic rings. The van der Waals surface area contributed by atoms with Gasteiger partial charge >= 0.3 is 0 Å². The lowest BCUT2D eigenvalue weighted by Gasteiger charge is -2.26. The molecule has 1 atom stereocenters. The fraction of sp³-hybridized carbons (Fsp3) is 0.438. The standard InChI is InChI=1S/C16H19N3O2S/c1-10-18-14-11(5-3-7-13(14)22-10)9-19(2)16(21)15-12(20)6-4-8-17-15/h4,6,8,11,20H,3,5,7,9H2,1-2H3. The van der Waals surface area contributed by atoms with Gasteiger partial charge in [-0.2, -0.15) is 0 Å². The number of hydrogen-bond acceptors (Lipinski definition) is 5. The Morgan fingerprint density at radius 1 is 1.55 bits per heavy atom. The number of aromatic hydroxyl groups is 1. The van der Waals surface area contributed by atoms with Crippen LogP contribution in [0.2, 0.25) is 0 Å². The molecule has 0 aliphatic heterocycles. The van der Waals surface area contributed by atoms with Crippen LogP contribution in [0.3, 0.4) is 0 Å². The maximum atomic E-state index is 12.4. The summed E-state index contributed by atoms with van der Waals surface area (Å²) in [5.41, 5.74) is 1.26. The molecule has 1 amide bonds. The number of aromatic nitrogens is 2. The molecule has 6 heteroatoms. The number of likely N-dealkylation sites (N-methyl/N-ethyl adjacent to an activating group) is 1. The molecule has 0 bridgehead atoms. The van der Waals surface area contributed by atoms with Gasteiger partial charge in [-0.25, -0.2) is 9.97 Å². The van der Waals surface area contributed by atoms with Gasteiger partial charge in [-0.1, -0.05) is 0 Å². The predicted molar refractivity (Wildman–Crippen MR) is 85.4 cm³/mol. The number of carbonyl (C=O) groups excluding carboxylic acids is 1. The van der Waals surface area contributed by atoms with Crippen molar-refractivity contribution in [2.24, 2.45) is 0 Å². The Hall–Kier alpha value is -1.95. The monoisotopic (exact) mass is 317 g/mol. The Labute approximate surface area is 133 Å². The summed E-state index contributed by atoms with van der Waals surface area (Å²) in [6.07, 6.45) is 4.79. The van der Waals surface area contributed by atoms with Crippen LogP contribution in [0.4, 0.5) is 0 Å². The molecule has 0 saturated carbocycles. The normalized spacial score (nSPS) is 17.1. The minimum absolute atomic E-state index is 0.0758. The first-order valence-electron chi connectivity index (χ1n) is 7.42. The molecule has 0 aromatic carbocycles. The van der Waals surface area contributed by atoms with Crippen molar-refractivity contribution in [3.63, 3.8) is 0 Å². The van der Waals surface area contributed by atoms with E-state index in [2.05, 4.69) is 9.97 Å². The van der Waals surface area contributed by atoms with Crippen molar-refractivity contribution in [2.45, 2.75) is 32.1 Å². The number of thiazole rings is 1. The number of hydrogen-bond donors (Lipinski definition) is 1. The SMILES string of the molecule is Cc1nc2c(s1)CCCC2CN(C)C(=O)c1ncccc1O. The molecule has 116 valence electrons. The maximum absolute atomic E-state index is 12.4. The quantitative estimate of drug-likeness (QED) is 0.945. The number of rotatable bonds is 3. The van der Waals surface area contributed by atoms with Gasteiger partial charge in [0.1, 0.15) is 5.75 Å². The zero-order valence-electron chi connectivity index (χ0n) is 12.7. The van der Waals surface area contributed by atoms with Crippen LogP contribution in [-0.2, 0) is 6.42 Å². The smallest absolute Gasteiger partial charge is 0.276 e.